The van der Waals surface area contributed by atoms with Crippen LogP contribution in [0.3, 0.4) is 0 Å². The zero-order chi connectivity index (χ0) is 13.9. The van der Waals surface area contributed by atoms with E-state index in [2.05, 4.69) is 26.7 Å². The minimum atomic E-state index is -3.28. The summed E-state index contributed by atoms with van der Waals surface area (Å²) in [7, 11) is -3.28. The van der Waals surface area contributed by atoms with E-state index in [-0.39, 0.29) is 0 Å². The highest BCUT2D eigenvalue weighted by Gasteiger charge is 2.28. The molecule has 19 heavy (non-hydrogen) atoms. The van der Waals surface area contributed by atoms with E-state index >= 15 is 0 Å². The Morgan fingerprint density at radius 2 is 1.95 bits per heavy atom. The van der Waals surface area contributed by atoms with Gasteiger partial charge in [0, 0.05) is 24.1 Å². The maximum atomic E-state index is 11.9. The monoisotopic (exact) mass is 346 g/mol. The first kappa shape index (κ1) is 15.0. The molecule has 1 heterocycles. The summed E-state index contributed by atoms with van der Waals surface area (Å²) < 4.78 is 29.0. The zero-order valence-electron chi connectivity index (χ0n) is 11.0. The minimum Gasteiger partial charge on any atom is -0.202 e. The second kappa shape index (κ2) is 6.35. The van der Waals surface area contributed by atoms with Crippen molar-refractivity contribution in [2.45, 2.75) is 25.7 Å². The third-order valence-corrected chi connectivity index (χ3v) is 5.89. The van der Waals surface area contributed by atoms with E-state index in [1.807, 2.05) is 18.2 Å². The Hall–Kier alpha value is -0.430. The molecule has 0 saturated carbocycles. The molecule has 0 bridgehead atoms. The number of benzene rings is 1. The molecule has 0 atom stereocenters. The molecule has 1 fully saturated rings. The fraction of sp³-hybridized carbons (Fsp3) is 0.538. The Morgan fingerprint density at radius 1 is 1.32 bits per heavy atom. The van der Waals surface area contributed by atoms with Crippen molar-refractivity contribution in [3.63, 3.8) is 0 Å². The van der Waals surface area contributed by atoms with Crippen molar-refractivity contribution >= 4 is 26.1 Å². The Balaban J connectivity index is 2.02. The second-order valence-electron chi connectivity index (χ2n) is 4.70. The smallest absolute Gasteiger partial charge is 0.202 e. The molecule has 1 aliphatic rings. The standard InChI is InChI=1S/C13H19BrN2O2S/c1-2-15-19(17,18)16-9-7-11(8-10-16)12-5-3-4-6-13(12)14/h3-6,11,15H,2,7-10H2,1H3. The van der Waals surface area contributed by atoms with Crippen LogP contribution in [0.1, 0.15) is 31.2 Å². The Kier molecular flexibility index (Phi) is 5.00. The molecule has 1 aromatic carbocycles. The van der Waals surface area contributed by atoms with E-state index in [9.17, 15) is 8.42 Å². The number of hydrogen-bond acceptors (Lipinski definition) is 2. The van der Waals surface area contributed by atoms with Gasteiger partial charge in [-0.25, -0.2) is 4.72 Å². The minimum absolute atomic E-state index is 0.434. The molecule has 0 spiro atoms. The topological polar surface area (TPSA) is 49.4 Å². The molecule has 0 aliphatic carbocycles. The van der Waals surface area contributed by atoms with Crippen LogP contribution in [0.4, 0.5) is 0 Å². The van der Waals surface area contributed by atoms with Gasteiger partial charge in [0.1, 0.15) is 0 Å². The van der Waals surface area contributed by atoms with Crippen LogP contribution in [0.2, 0.25) is 0 Å². The highest BCUT2D eigenvalue weighted by molar-refractivity contribution is 9.10. The Bertz CT molecular complexity index is 525. The summed E-state index contributed by atoms with van der Waals surface area (Å²) in [6.45, 7) is 3.40. The van der Waals surface area contributed by atoms with E-state index in [4.69, 9.17) is 0 Å². The molecular weight excluding hydrogens is 328 g/mol. The van der Waals surface area contributed by atoms with Crippen LogP contribution in [0, 0.1) is 0 Å². The lowest BCUT2D eigenvalue weighted by molar-refractivity contribution is 0.315. The predicted molar refractivity (Wildman–Crippen MR) is 80.3 cm³/mol. The Labute approximate surface area is 123 Å². The van der Waals surface area contributed by atoms with Gasteiger partial charge in [-0.2, -0.15) is 12.7 Å². The van der Waals surface area contributed by atoms with Gasteiger partial charge >= 0.3 is 0 Å². The van der Waals surface area contributed by atoms with Crippen LogP contribution in [0.5, 0.6) is 0 Å². The third kappa shape index (κ3) is 3.56. The summed E-state index contributed by atoms with van der Waals surface area (Å²) in [5.41, 5.74) is 1.28. The molecule has 1 aromatic rings. The van der Waals surface area contributed by atoms with Crippen LogP contribution in [0.15, 0.2) is 28.7 Å². The van der Waals surface area contributed by atoms with E-state index in [1.54, 1.807) is 11.2 Å². The van der Waals surface area contributed by atoms with Crippen molar-refractivity contribution in [1.29, 1.82) is 0 Å². The number of halogens is 1. The first-order valence-corrected chi connectivity index (χ1v) is 8.77. The summed E-state index contributed by atoms with van der Waals surface area (Å²) in [6, 6.07) is 8.18. The van der Waals surface area contributed by atoms with Crippen molar-refractivity contribution in [1.82, 2.24) is 9.03 Å². The van der Waals surface area contributed by atoms with Gasteiger partial charge in [-0.3, -0.25) is 0 Å². The van der Waals surface area contributed by atoms with Crippen molar-refractivity contribution in [3.8, 4) is 0 Å². The van der Waals surface area contributed by atoms with Gasteiger partial charge in [-0.05, 0) is 30.4 Å². The number of nitrogens with one attached hydrogen (secondary N) is 1. The summed E-state index contributed by atoms with van der Waals surface area (Å²) in [4.78, 5) is 0. The summed E-state index contributed by atoms with van der Waals surface area (Å²) in [5.74, 6) is 0.434. The SMILES string of the molecule is CCNS(=O)(=O)N1CCC(c2ccccc2Br)CC1. The second-order valence-corrected chi connectivity index (χ2v) is 7.31. The molecule has 0 amide bonds. The summed E-state index contributed by atoms with van der Waals surface area (Å²) in [5, 5.41) is 0. The summed E-state index contributed by atoms with van der Waals surface area (Å²) in [6.07, 6.45) is 1.74. The van der Waals surface area contributed by atoms with Crippen molar-refractivity contribution in [3.05, 3.63) is 34.3 Å². The number of piperidine rings is 1. The van der Waals surface area contributed by atoms with Crippen molar-refractivity contribution in [2.24, 2.45) is 0 Å². The number of nitrogens with zero attached hydrogens (tertiary/aromatic N) is 1. The molecular formula is C13H19BrN2O2S. The number of rotatable bonds is 4. The van der Waals surface area contributed by atoms with Gasteiger partial charge in [0.05, 0.1) is 0 Å². The van der Waals surface area contributed by atoms with E-state index in [1.165, 1.54) is 5.56 Å². The molecule has 0 radical (unpaired) electrons. The summed E-state index contributed by atoms with van der Waals surface area (Å²) >= 11 is 3.57. The zero-order valence-corrected chi connectivity index (χ0v) is 13.4. The Morgan fingerprint density at radius 3 is 2.53 bits per heavy atom. The van der Waals surface area contributed by atoms with Gasteiger partial charge in [0.2, 0.25) is 0 Å². The predicted octanol–water partition coefficient (Wildman–Crippen LogP) is 2.48. The molecule has 106 valence electrons. The maximum Gasteiger partial charge on any atom is 0.279 e. The largest absolute Gasteiger partial charge is 0.279 e. The van der Waals surface area contributed by atoms with Crippen LogP contribution >= 0.6 is 15.9 Å². The van der Waals surface area contributed by atoms with Gasteiger partial charge in [0.15, 0.2) is 0 Å². The average molecular weight is 347 g/mol. The van der Waals surface area contributed by atoms with Gasteiger partial charge < -0.3 is 0 Å². The molecule has 0 unspecified atom stereocenters. The van der Waals surface area contributed by atoms with Gasteiger partial charge in [0.25, 0.3) is 10.2 Å². The number of hydrogen-bond donors (Lipinski definition) is 1. The van der Waals surface area contributed by atoms with Gasteiger partial charge in [-0.15, -0.1) is 0 Å². The normalized spacial score (nSPS) is 18.6. The highest BCUT2D eigenvalue weighted by Crippen LogP contribution is 2.33. The molecule has 0 aromatic heterocycles. The molecule has 2 rings (SSSR count). The van der Waals surface area contributed by atoms with Crippen LogP contribution in [-0.2, 0) is 10.2 Å². The molecule has 1 aliphatic heterocycles. The average Bonchev–Trinajstić information content (AvgIpc) is 2.39. The fourth-order valence-corrected chi connectivity index (χ4v) is 4.33. The molecule has 4 nitrogen and oxygen atoms in total. The maximum absolute atomic E-state index is 11.9. The lowest BCUT2D eigenvalue weighted by atomic mass is 9.90. The van der Waals surface area contributed by atoms with Crippen LogP contribution in [-0.4, -0.2) is 32.4 Å². The quantitative estimate of drug-likeness (QED) is 0.910. The van der Waals surface area contributed by atoms with E-state index in [0.29, 0.717) is 25.6 Å². The van der Waals surface area contributed by atoms with E-state index in [0.717, 1.165) is 17.3 Å². The van der Waals surface area contributed by atoms with E-state index < -0.39 is 10.2 Å². The van der Waals surface area contributed by atoms with Gasteiger partial charge in [-0.1, -0.05) is 41.1 Å². The lowest BCUT2D eigenvalue weighted by Crippen LogP contribution is -2.44. The molecule has 6 heteroatoms. The first-order chi connectivity index (χ1) is 9.04. The van der Waals surface area contributed by atoms with Crippen LogP contribution in [0.25, 0.3) is 0 Å². The van der Waals surface area contributed by atoms with Crippen LogP contribution < -0.4 is 4.72 Å². The third-order valence-electron chi connectivity index (χ3n) is 3.47. The first-order valence-electron chi connectivity index (χ1n) is 6.53. The lowest BCUT2D eigenvalue weighted by Gasteiger charge is -2.31. The van der Waals surface area contributed by atoms with Crippen molar-refractivity contribution in [2.75, 3.05) is 19.6 Å². The molecule has 1 saturated heterocycles. The highest BCUT2D eigenvalue weighted by atomic mass is 79.9. The van der Waals surface area contributed by atoms with Crippen molar-refractivity contribution < 1.29 is 8.42 Å². The fourth-order valence-electron chi connectivity index (χ4n) is 2.49. The molecule has 1 N–H and O–H groups in total.